The van der Waals surface area contributed by atoms with E-state index in [1.807, 2.05) is 13.0 Å². The lowest BCUT2D eigenvalue weighted by Crippen LogP contribution is -2.51. The van der Waals surface area contributed by atoms with Crippen molar-refractivity contribution in [3.05, 3.63) is 59.5 Å². The van der Waals surface area contributed by atoms with Gasteiger partial charge < -0.3 is 14.8 Å². The number of hydrogen-bond acceptors (Lipinski definition) is 3. The molecule has 5 nitrogen and oxygen atoms in total. The summed E-state index contributed by atoms with van der Waals surface area (Å²) in [4.78, 5) is 24.5. The van der Waals surface area contributed by atoms with E-state index in [1.54, 1.807) is 37.3 Å². The van der Waals surface area contributed by atoms with E-state index in [0.717, 1.165) is 6.42 Å². The second kappa shape index (κ2) is 7.13. The average Bonchev–Trinajstić information content (AvgIpc) is 3.02. The van der Waals surface area contributed by atoms with Gasteiger partial charge in [0, 0.05) is 6.42 Å². The fourth-order valence-electron chi connectivity index (χ4n) is 2.64. The van der Waals surface area contributed by atoms with Gasteiger partial charge in [-0.05, 0) is 24.5 Å². The fourth-order valence-corrected chi connectivity index (χ4v) is 2.64. The Bertz CT molecular complexity index is 677. The number of nitrogens with one attached hydrogen (secondary N) is 1. The van der Waals surface area contributed by atoms with Crippen LogP contribution in [0, 0.1) is 0 Å². The van der Waals surface area contributed by atoms with Crippen LogP contribution in [0.2, 0.25) is 0 Å². The number of carbonyl (C=O) groups is 2. The van der Waals surface area contributed by atoms with Crippen LogP contribution in [0.5, 0.6) is 0 Å². The third kappa shape index (κ3) is 3.28. The zero-order valence-electron chi connectivity index (χ0n) is 13.3. The first-order valence-corrected chi connectivity index (χ1v) is 7.73. The Kier molecular flexibility index (Phi) is 5.21. The van der Waals surface area contributed by atoms with Gasteiger partial charge in [-0.25, -0.2) is 4.79 Å². The molecule has 2 N–H and O–H groups in total. The van der Waals surface area contributed by atoms with Crippen molar-refractivity contribution < 1.29 is 19.1 Å². The minimum absolute atomic E-state index is 0.235. The van der Waals surface area contributed by atoms with Crippen molar-refractivity contribution >= 4 is 11.9 Å². The lowest BCUT2D eigenvalue weighted by atomic mass is 9.87. The summed E-state index contributed by atoms with van der Waals surface area (Å²) in [6, 6.07) is 10.3. The fraction of sp³-hybridized carbons (Fsp3) is 0.333. The number of aliphatic carboxylic acids is 1. The molecule has 0 spiro atoms. The predicted molar refractivity (Wildman–Crippen MR) is 86.2 cm³/mol. The summed E-state index contributed by atoms with van der Waals surface area (Å²) < 4.78 is 5.33. The minimum atomic E-state index is -1.46. The summed E-state index contributed by atoms with van der Waals surface area (Å²) in [6.07, 6.45) is 3.16. The number of hydrogen-bond donors (Lipinski definition) is 2. The molecule has 0 aliphatic heterocycles. The van der Waals surface area contributed by atoms with Gasteiger partial charge >= 0.3 is 5.97 Å². The summed E-state index contributed by atoms with van der Waals surface area (Å²) in [5, 5.41) is 12.5. The Morgan fingerprint density at radius 2 is 1.87 bits per heavy atom. The van der Waals surface area contributed by atoms with Crippen LogP contribution in [0.1, 0.15) is 48.4 Å². The molecule has 0 aliphatic carbocycles. The van der Waals surface area contributed by atoms with E-state index in [9.17, 15) is 14.7 Å². The standard InChI is InChI=1S/C18H21NO4/c1-3-8-15-14(11-12-23-15)16(20)19-18(4-2,17(21)22)13-9-6-5-7-10-13/h5-7,9-12H,3-4,8H2,1-2H3,(H,19,20)(H,21,22). The van der Waals surface area contributed by atoms with Crippen LogP contribution < -0.4 is 5.32 Å². The summed E-state index contributed by atoms with van der Waals surface area (Å²) in [6.45, 7) is 3.73. The Balaban J connectivity index is 2.37. The normalized spacial score (nSPS) is 13.3. The molecule has 122 valence electrons. The van der Waals surface area contributed by atoms with Gasteiger partial charge in [0.05, 0.1) is 11.8 Å². The molecule has 1 aromatic carbocycles. The molecule has 5 heteroatoms. The number of amides is 1. The van der Waals surface area contributed by atoms with Crippen LogP contribution in [-0.2, 0) is 16.8 Å². The number of aryl methyl sites for hydroxylation is 1. The minimum Gasteiger partial charge on any atom is -0.479 e. The first-order chi connectivity index (χ1) is 11.0. The molecule has 1 heterocycles. The zero-order valence-corrected chi connectivity index (χ0v) is 13.3. The van der Waals surface area contributed by atoms with Crippen molar-refractivity contribution in [1.82, 2.24) is 5.32 Å². The SMILES string of the molecule is CCCc1occc1C(=O)NC(CC)(C(=O)O)c1ccccc1. The molecule has 0 saturated carbocycles. The highest BCUT2D eigenvalue weighted by molar-refractivity contribution is 5.99. The number of carbonyl (C=O) groups excluding carboxylic acids is 1. The highest BCUT2D eigenvalue weighted by atomic mass is 16.4. The van der Waals surface area contributed by atoms with Gasteiger partial charge in [0.15, 0.2) is 5.54 Å². The molecule has 1 atom stereocenters. The number of furan rings is 1. The van der Waals surface area contributed by atoms with Gasteiger partial charge in [-0.1, -0.05) is 44.2 Å². The largest absolute Gasteiger partial charge is 0.479 e. The molecule has 1 unspecified atom stereocenters. The van der Waals surface area contributed by atoms with E-state index in [4.69, 9.17) is 4.42 Å². The van der Waals surface area contributed by atoms with E-state index in [1.165, 1.54) is 6.26 Å². The van der Waals surface area contributed by atoms with Gasteiger partial charge in [0.2, 0.25) is 0 Å². The van der Waals surface area contributed by atoms with Crippen molar-refractivity contribution in [2.75, 3.05) is 0 Å². The Labute approximate surface area is 135 Å². The lowest BCUT2D eigenvalue weighted by Gasteiger charge is -2.30. The topological polar surface area (TPSA) is 79.5 Å². The first-order valence-electron chi connectivity index (χ1n) is 7.73. The third-order valence-electron chi connectivity index (χ3n) is 3.96. The monoisotopic (exact) mass is 315 g/mol. The van der Waals surface area contributed by atoms with Crippen LogP contribution in [0.3, 0.4) is 0 Å². The highest BCUT2D eigenvalue weighted by Gasteiger charge is 2.40. The van der Waals surface area contributed by atoms with Crippen molar-refractivity contribution in [1.29, 1.82) is 0 Å². The number of rotatable bonds is 7. The van der Waals surface area contributed by atoms with Crippen molar-refractivity contribution in [3.63, 3.8) is 0 Å². The summed E-state index contributed by atoms with van der Waals surface area (Å²) in [7, 11) is 0. The van der Waals surface area contributed by atoms with Crippen molar-refractivity contribution in [3.8, 4) is 0 Å². The summed E-state index contributed by atoms with van der Waals surface area (Å²) >= 11 is 0. The summed E-state index contributed by atoms with van der Waals surface area (Å²) in [5.74, 6) is -0.941. The smallest absolute Gasteiger partial charge is 0.334 e. The molecular weight excluding hydrogens is 294 g/mol. The van der Waals surface area contributed by atoms with Gasteiger partial charge in [0.1, 0.15) is 5.76 Å². The summed E-state index contributed by atoms with van der Waals surface area (Å²) in [5.41, 5.74) is -0.523. The zero-order chi connectivity index (χ0) is 16.9. The maximum absolute atomic E-state index is 12.6. The molecule has 0 fully saturated rings. The van der Waals surface area contributed by atoms with Crippen molar-refractivity contribution in [2.45, 2.75) is 38.6 Å². The third-order valence-corrected chi connectivity index (χ3v) is 3.96. The Hall–Kier alpha value is -2.56. The molecule has 0 radical (unpaired) electrons. The predicted octanol–water partition coefficient (Wildman–Crippen LogP) is 3.35. The second-order valence-corrected chi connectivity index (χ2v) is 5.39. The lowest BCUT2D eigenvalue weighted by molar-refractivity contribution is -0.145. The van der Waals surface area contributed by atoms with Gasteiger partial charge in [-0.2, -0.15) is 0 Å². The van der Waals surface area contributed by atoms with Crippen molar-refractivity contribution in [2.24, 2.45) is 0 Å². The molecular formula is C18H21NO4. The maximum atomic E-state index is 12.6. The van der Waals surface area contributed by atoms with Crippen LogP contribution in [-0.4, -0.2) is 17.0 Å². The number of carboxylic acids is 1. The molecule has 23 heavy (non-hydrogen) atoms. The van der Waals surface area contributed by atoms with Crippen LogP contribution in [0.4, 0.5) is 0 Å². The van der Waals surface area contributed by atoms with Gasteiger partial charge in [0.25, 0.3) is 5.91 Å². The molecule has 0 saturated heterocycles. The molecule has 0 aliphatic rings. The van der Waals surface area contributed by atoms with Crippen LogP contribution in [0.25, 0.3) is 0 Å². The molecule has 2 aromatic rings. The van der Waals surface area contributed by atoms with E-state index in [2.05, 4.69) is 5.32 Å². The molecule has 0 bridgehead atoms. The van der Waals surface area contributed by atoms with E-state index in [-0.39, 0.29) is 6.42 Å². The number of carboxylic acid groups (broad SMARTS) is 1. The molecule has 1 amide bonds. The Morgan fingerprint density at radius 1 is 1.17 bits per heavy atom. The second-order valence-electron chi connectivity index (χ2n) is 5.39. The number of benzene rings is 1. The Morgan fingerprint density at radius 3 is 2.43 bits per heavy atom. The molecule has 2 rings (SSSR count). The van der Waals surface area contributed by atoms with E-state index < -0.39 is 17.4 Å². The van der Waals surface area contributed by atoms with Gasteiger partial charge in [-0.3, -0.25) is 4.79 Å². The van der Waals surface area contributed by atoms with E-state index >= 15 is 0 Å². The average molecular weight is 315 g/mol. The first kappa shape index (κ1) is 16.8. The molecule has 1 aromatic heterocycles. The quantitative estimate of drug-likeness (QED) is 0.821. The maximum Gasteiger partial charge on any atom is 0.334 e. The highest BCUT2D eigenvalue weighted by Crippen LogP contribution is 2.26. The van der Waals surface area contributed by atoms with Gasteiger partial charge in [-0.15, -0.1) is 0 Å². The van der Waals surface area contributed by atoms with Crippen LogP contribution in [0.15, 0.2) is 47.1 Å². The van der Waals surface area contributed by atoms with Crippen LogP contribution >= 0.6 is 0 Å². The van der Waals surface area contributed by atoms with E-state index in [0.29, 0.717) is 23.3 Å².